The molecule has 2 rings (SSSR count). The third kappa shape index (κ3) is 2.78. The van der Waals surface area contributed by atoms with Crippen molar-refractivity contribution >= 4 is 0 Å². The molecule has 0 saturated carbocycles. The fourth-order valence-corrected chi connectivity index (χ4v) is 3.01. The molecule has 1 aliphatic heterocycles. The maximum atomic E-state index is 5.64. The van der Waals surface area contributed by atoms with Crippen LogP contribution in [0.4, 0.5) is 0 Å². The van der Waals surface area contributed by atoms with Crippen molar-refractivity contribution in [1.29, 1.82) is 0 Å². The lowest BCUT2D eigenvalue weighted by Crippen LogP contribution is -2.54. The van der Waals surface area contributed by atoms with Gasteiger partial charge in [-0.15, -0.1) is 0 Å². The van der Waals surface area contributed by atoms with E-state index in [2.05, 4.69) is 37.1 Å². The average Bonchev–Trinajstić information content (AvgIpc) is 2.90. The first kappa shape index (κ1) is 13.6. The van der Waals surface area contributed by atoms with Crippen molar-refractivity contribution in [2.24, 2.45) is 0 Å². The molecule has 102 valence electrons. The fraction of sp³-hybridized carbons (Fsp3) is 0.733. The van der Waals surface area contributed by atoms with Crippen LogP contribution in [0.2, 0.25) is 0 Å². The first-order valence-corrected chi connectivity index (χ1v) is 7.18. The molecule has 1 fully saturated rings. The van der Waals surface area contributed by atoms with Crippen LogP contribution in [0.1, 0.15) is 51.8 Å². The summed E-state index contributed by atoms with van der Waals surface area (Å²) in [6.07, 6.45) is 5.78. The molecule has 0 radical (unpaired) electrons. The summed E-state index contributed by atoms with van der Waals surface area (Å²) >= 11 is 0. The Morgan fingerprint density at radius 2 is 2.06 bits per heavy atom. The van der Waals surface area contributed by atoms with Crippen LogP contribution in [-0.4, -0.2) is 30.1 Å². The van der Waals surface area contributed by atoms with Crippen LogP contribution in [-0.2, 0) is 0 Å². The number of hydrogen-bond donors (Lipinski definition) is 1. The summed E-state index contributed by atoms with van der Waals surface area (Å²) in [7, 11) is 0. The van der Waals surface area contributed by atoms with Gasteiger partial charge in [-0.3, -0.25) is 4.90 Å². The minimum Gasteiger partial charge on any atom is -0.468 e. The van der Waals surface area contributed by atoms with Gasteiger partial charge in [0.05, 0.1) is 12.3 Å². The Hall–Kier alpha value is -0.800. The zero-order chi connectivity index (χ0) is 13.0. The first-order chi connectivity index (χ1) is 8.66. The lowest BCUT2D eigenvalue weighted by atomic mass is 9.88. The quantitative estimate of drug-likeness (QED) is 0.870. The number of nitrogens with zero attached hydrogens (tertiary/aromatic N) is 1. The maximum absolute atomic E-state index is 5.64. The van der Waals surface area contributed by atoms with E-state index < -0.39 is 0 Å². The van der Waals surface area contributed by atoms with Crippen LogP contribution in [0.5, 0.6) is 0 Å². The minimum atomic E-state index is 0.0916. The van der Waals surface area contributed by atoms with Gasteiger partial charge in [0.2, 0.25) is 0 Å². The third-order valence-electron chi connectivity index (χ3n) is 4.11. The van der Waals surface area contributed by atoms with Gasteiger partial charge < -0.3 is 9.73 Å². The SMILES string of the molecule is CCNC(c1ccco1)C(C)(C)N1CCCCC1. The second kappa shape index (κ2) is 5.89. The Bertz CT molecular complexity index is 339. The van der Waals surface area contributed by atoms with Crippen LogP contribution in [0.3, 0.4) is 0 Å². The first-order valence-electron chi connectivity index (χ1n) is 7.18. The normalized spacial score (nSPS) is 19.9. The summed E-state index contributed by atoms with van der Waals surface area (Å²) in [5.41, 5.74) is 0.0916. The molecule has 18 heavy (non-hydrogen) atoms. The molecule has 2 heterocycles. The van der Waals surface area contributed by atoms with Gasteiger partial charge in [0.1, 0.15) is 5.76 Å². The monoisotopic (exact) mass is 250 g/mol. The van der Waals surface area contributed by atoms with Gasteiger partial charge in [0.25, 0.3) is 0 Å². The lowest BCUT2D eigenvalue weighted by Gasteiger charge is -2.45. The maximum Gasteiger partial charge on any atom is 0.122 e. The van der Waals surface area contributed by atoms with Gasteiger partial charge in [-0.2, -0.15) is 0 Å². The predicted molar refractivity (Wildman–Crippen MR) is 74.6 cm³/mol. The molecular weight excluding hydrogens is 224 g/mol. The van der Waals surface area contributed by atoms with Crippen molar-refractivity contribution in [3.63, 3.8) is 0 Å². The standard InChI is InChI=1S/C15H26N2O/c1-4-16-14(13-9-8-12-18-13)15(2,3)17-10-6-5-7-11-17/h8-9,12,14,16H,4-7,10-11H2,1-3H3. The summed E-state index contributed by atoms with van der Waals surface area (Å²) in [6, 6.07) is 4.32. The highest BCUT2D eigenvalue weighted by molar-refractivity contribution is 5.11. The van der Waals surface area contributed by atoms with Crippen LogP contribution in [0.15, 0.2) is 22.8 Å². The van der Waals surface area contributed by atoms with Crippen molar-refractivity contribution in [2.75, 3.05) is 19.6 Å². The summed E-state index contributed by atoms with van der Waals surface area (Å²) in [4.78, 5) is 2.60. The molecule has 0 bridgehead atoms. The molecule has 1 saturated heterocycles. The number of likely N-dealkylation sites (N-methyl/N-ethyl adjacent to an activating group) is 1. The summed E-state index contributed by atoms with van der Waals surface area (Å²) in [5.74, 6) is 1.05. The second-order valence-electron chi connectivity index (χ2n) is 5.71. The van der Waals surface area contributed by atoms with Crippen LogP contribution >= 0.6 is 0 Å². The molecule has 1 atom stereocenters. The van der Waals surface area contributed by atoms with E-state index in [9.17, 15) is 0 Å². The van der Waals surface area contributed by atoms with Crippen molar-refractivity contribution in [2.45, 2.75) is 51.6 Å². The fourth-order valence-electron chi connectivity index (χ4n) is 3.01. The second-order valence-corrected chi connectivity index (χ2v) is 5.71. The highest BCUT2D eigenvalue weighted by atomic mass is 16.3. The molecule has 0 amide bonds. The molecule has 0 spiro atoms. The number of likely N-dealkylation sites (tertiary alicyclic amines) is 1. The van der Waals surface area contributed by atoms with E-state index in [4.69, 9.17) is 4.42 Å². The molecule has 3 heteroatoms. The Morgan fingerprint density at radius 3 is 2.61 bits per heavy atom. The molecule has 0 aliphatic carbocycles. The van der Waals surface area contributed by atoms with E-state index in [1.54, 1.807) is 6.26 Å². The summed E-state index contributed by atoms with van der Waals surface area (Å²) < 4.78 is 5.64. The zero-order valence-electron chi connectivity index (χ0n) is 11.9. The smallest absolute Gasteiger partial charge is 0.122 e. The highest BCUT2D eigenvalue weighted by Gasteiger charge is 2.37. The molecular formula is C15H26N2O. The third-order valence-corrected chi connectivity index (χ3v) is 4.11. The number of hydrogen-bond acceptors (Lipinski definition) is 3. The molecule has 1 N–H and O–H groups in total. The van der Waals surface area contributed by atoms with E-state index in [1.807, 2.05) is 6.07 Å². The van der Waals surface area contributed by atoms with E-state index in [0.29, 0.717) is 0 Å². The van der Waals surface area contributed by atoms with Crippen LogP contribution in [0.25, 0.3) is 0 Å². The van der Waals surface area contributed by atoms with Gasteiger partial charge >= 0.3 is 0 Å². The lowest BCUT2D eigenvalue weighted by molar-refractivity contribution is 0.0542. The van der Waals surface area contributed by atoms with Gasteiger partial charge in [-0.25, -0.2) is 0 Å². The molecule has 1 unspecified atom stereocenters. The molecule has 0 aromatic carbocycles. The Kier molecular flexibility index (Phi) is 4.46. The topological polar surface area (TPSA) is 28.4 Å². The number of nitrogens with one attached hydrogen (secondary N) is 1. The minimum absolute atomic E-state index is 0.0916. The molecule has 3 nitrogen and oxygen atoms in total. The summed E-state index contributed by atoms with van der Waals surface area (Å²) in [6.45, 7) is 10.2. The van der Waals surface area contributed by atoms with E-state index in [0.717, 1.165) is 12.3 Å². The Balaban J connectivity index is 2.17. The number of furan rings is 1. The van der Waals surface area contributed by atoms with Crippen molar-refractivity contribution in [3.05, 3.63) is 24.2 Å². The predicted octanol–water partition coefficient (Wildman–Crippen LogP) is 3.19. The van der Waals surface area contributed by atoms with E-state index >= 15 is 0 Å². The largest absolute Gasteiger partial charge is 0.468 e. The molecule has 1 aromatic rings. The van der Waals surface area contributed by atoms with Crippen LogP contribution < -0.4 is 5.32 Å². The number of piperidine rings is 1. The van der Waals surface area contributed by atoms with Crippen molar-refractivity contribution < 1.29 is 4.42 Å². The van der Waals surface area contributed by atoms with Crippen molar-refractivity contribution in [3.8, 4) is 0 Å². The van der Waals surface area contributed by atoms with Crippen molar-refractivity contribution in [1.82, 2.24) is 10.2 Å². The average molecular weight is 250 g/mol. The Labute approximate surface area is 111 Å². The zero-order valence-corrected chi connectivity index (χ0v) is 11.9. The number of rotatable bonds is 5. The van der Waals surface area contributed by atoms with Gasteiger partial charge in [0, 0.05) is 5.54 Å². The Morgan fingerprint density at radius 1 is 1.33 bits per heavy atom. The highest BCUT2D eigenvalue weighted by Crippen LogP contribution is 2.33. The molecule has 1 aromatic heterocycles. The van der Waals surface area contributed by atoms with E-state index in [1.165, 1.54) is 32.4 Å². The van der Waals surface area contributed by atoms with E-state index in [-0.39, 0.29) is 11.6 Å². The summed E-state index contributed by atoms with van der Waals surface area (Å²) in [5, 5.41) is 3.59. The van der Waals surface area contributed by atoms with Gasteiger partial charge in [-0.05, 0) is 58.5 Å². The molecule has 1 aliphatic rings. The van der Waals surface area contributed by atoms with Crippen LogP contribution in [0, 0.1) is 0 Å². The van der Waals surface area contributed by atoms with Gasteiger partial charge in [-0.1, -0.05) is 13.3 Å². The van der Waals surface area contributed by atoms with Gasteiger partial charge in [0.15, 0.2) is 0 Å².